The largest absolute Gasteiger partial charge is 1.00 e. The Balaban J connectivity index is 0.00000144. The number of hydrogen-bond donors (Lipinski definition) is 1. The first kappa shape index (κ1) is 13.8. The van der Waals surface area contributed by atoms with E-state index < -0.39 is 0 Å². The number of allylic oxidation sites excluding steroid dienone is 1. The molecule has 4 heteroatoms. The third kappa shape index (κ3) is 2.88. The fourth-order valence-corrected chi connectivity index (χ4v) is 2.00. The van der Waals surface area contributed by atoms with Crippen LogP contribution in [0.2, 0.25) is 0 Å². The summed E-state index contributed by atoms with van der Waals surface area (Å²) in [6.07, 6.45) is 1.22. The van der Waals surface area contributed by atoms with E-state index in [0.29, 0.717) is 19.1 Å². The van der Waals surface area contributed by atoms with Gasteiger partial charge in [-0.05, 0) is 11.5 Å². The van der Waals surface area contributed by atoms with Gasteiger partial charge in [0.05, 0.1) is 11.8 Å². The van der Waals surface area contributed by atoms with Crippen molar-refractivity contribution in [1.29, 1.82) is 0 Å². The van der Waals surface area contributed by atoms with Crippen LogP contribution < -0.4 is 18.9 Å². The summed E-state index contributed by atoms with van der Waals surface area (Å²) >= 11 is 0. The maximum absolute atomic E-state index is 11.6. The van der Waals surface area contributed by atoms with Crippen molar-refractivity contribution in [3.63, 3.8) is 0 Å². The molecular formula is C13H13LiO3. The Morgan fingerprint density at radius 1 is 1.12 bits per heavy atom. The molecule has 3 nitrogen and oxygen atoms in total. The van der Waals surface area contributed by atoms with E-state index in [-0.39, 0.29) is 43.3 Å². The van der Waals surface area contributed by atoms with E-state index in [1.165, 1.54) is 0 Å². The zero-order valence-electron chi connectivity index (χ0n) is 10.7. The molecule has 0 aromatic heterocycles. The van der Waals surface area contributed by atoms with E-state index in [4.69, 9.17) is 5.11 Å². The third-order valence-electron chi connectivity index (χ3n) is 2.86. The first-order chi connectivity index (χ1) is 7.72. The smallest absolute Gasteiger partial charge is 1.00 e. The fourth-order valence-electron chi connectivity index (χ4n) is 2.00. The number of rotatable bonds is 1. The van der Waals surface area contributed by atoms with Gasteiger partial charge in [0.1, 0.15) is 0 Å². The van der Waals surface area contributed by atoms with E-state index in [2.05, 4.69) is 0 Å². The van der Waals surface area contributed by atoms with E-state index in [1.807, 2.05) is 30.3 Å². The van der Waals surface area contributed by atoms with Crippen LogP contribution in [-0.2, 0) is 9.59 Å². The fraction of sp³-hybridized carbons (Fsp3) is 0.231. The minimum Gasteiger partial charge on any atom is -1.00 e. The molecule has 1 N–H and O–H groups in total. The van der Waals surface area contributed by atoms with Crippen LogP contribution in [0.3, 0.4) is 0 Å². The molecule has 0 bridgehead atoms. The number of ketones is 2. The molecule has 0 radical (unpaired) electrons. The van der Waals surface area contributed by atoms with Gasteiger partial charge < -0.3 is 6.53 Å². The Morgan fingerprint density at radius 2 is 1.65 bits per heavy atom. The van der Waals surface area contributed by atoms with E-state index in [9.17, 15) is 9.59 Å². The van der Waals surface area contributed by atoms with Crippen molar-refractivity contribution < 1.29 is 35.0 Å². The maximum Gasteiger partial charge on any atom is 1.00 e. The number of benzene rings is 1. The van der Waals surface area contributed by atoms with Gasteiger partial charge in [0.2, 0.25) is 0 Å². The standard InChI is InChI=1S/C13H12O3.Li.H/c14-8-11-12(15)6-10(7-13(11)16)9-4-2-1-3-5-9;;/h1-5,8,10,14H,6-7H2;;/q;+1;-1. The second kappa shape index (κ2) is 5.86. The Labute approximate surface area is 113 Å². The van der Waals surface area contributed by atoms with Gasteiger partial charge in [-0.2, -0.15) is 0 Å². The monoisotopic (exact) mass is 224 g/mol. The zero-order valence-corrected chi connectivity index (χ0v) is 9.72. The summed E-state index contributed by atoms with van der Waals surface area (Å²) in [5, 5.41) is 8.78. The van der Waals surface area contributed by atoms with Gasteiger partial charge in [-0.15, -0.1) is 0 Å². The molecule has 84 valence electrons. The molecule has 0 aliphatic heterocycles. The number of aliphatic hydroxyl groups excluding tert-OH is 1. The Hall–Kier alpha value is -1.30. The van der Waals surface area contributed by atoms with Crippen LogP contribution >= 0.6 is 0 Å². The molecule has 1 saturated carbocycles. The normalized spacial score (nSPS) is 19.8. The third-order valence-corrected chi connectivity index (χ3v) is 2.86. The van der Waals surface area contributed by atoms with Crippen molar-refractivity contribution in [2.75, 3.05) is 0 Å². The van der Waals surface area contributed by atoms with Gasteiger partial charge in [0, 0.05) is 12.8 Å². The van der Waals surface area contributed by atoms with Gasteiger partial charge in [0.25, 0.3) is 0 Å². The predicted octanol–water partition coefficient (Wildman–Crippen LogP) is -0.739. The summed E-state index contributed by atoms with van der Waals surface area (Å²) in [5.41, 5.74) is 0.938. The molecule has 1 aromatic carbocycles. The van der Waals surface area contributed by atoms with Gasteiger partial charge in [-0.25, -0.2) is 0 Å². The topological polar surface area (TPSA) is 54.4 Å². The number of aliphatic hydroxyl groups is 1. The van der Waals surface area contributed by atoms with Gasteiger partial charge in [-0.3, -0.25) is 9.59 Å². The number of hydrogen-bond acceptors (Lipinski definition) is 3. The second-order valence-electron chi connectivity index (χ2n) is 3.90. The summed E-state index contributed by atoms with van der Waals surface area (Å²) in [6.45, 7) is 0. The van der Waals surface area contributed by atoms with Crippen molar-refractivity contribution in [1.82, 2.24) is 0 Å². The molecule has 0 heterocycles. The predicted molar refractivity (Wildman–Crippen MR) is 60.3 cm³/mol. The van der Waals surface area contributed by atoms with Crippen molar-refractivity contribution >= 4 is 11.6 Å². The number of carbonyl (C=O) groups is 2. The minimum atomic E-state index is -0.271. The molecule has 1 fully saturated rings. The Bertz CT molecular complexity index is 437. The van der Waals surface area contributed by atoms with E-state index >= 15 is 0 Å². The quantitative estimate of drug-likeness (QED) is 0.296. The SMILES string of the molecule is O=C1CC(c2ccccc2)CC(=O)C1=CO.[H-].[Li+]. The molecule has 0 spiro atoms. The van der Waals surface area contributed by atoms with Crippen LogP contribution in [0.4, 0.5) is 0 Å². The molecule has 17 heavy (non-hydrogen) atoms. The van der Waals surface area contributed by atoms with Crippen molar-refractivity contribution in [2.24, 2.45) is 0 Å². The summed E-state index contributed by atoms with van der Waals surface area (Å²) in [4.78, 5) is 23.1. The molecule has 1 aliphatic rings. The summed E-state index contributed by atoms with van der Waals surface area (Å²) in [6, 6.07) is 9.51. The summed E-state index contributed by atoms with van der Waals surface area (Å²) < 4.78 is 0. The second-order valence-corrected chi connectivity index (χ2v) is 3.90. The molecular weight excluding hydrogens is 211 g/mol. The molecule has 0 unspecified atom stereocenters. The Kier molecular flexibility index (Phi) is 4.74. The van der Waals surface area contributed by atoms with Crippen LogP contribution in [0.15, 0.2) is 42.2 Å². The summed E-state index contributed by atoms with van der Waals surface area (Å²) in [7, 11) is 0. The number of carbonyl (C=O) groups excluding carboxylic acids is 2. The van der Waals surface area contributed by atoms with Crippen LogP contribution in [0.25, 0.3) is 0 Å². The van der Waals surface area contributed by atoms with Crippen LogP contribution in [0.5, 0.6) is 0 Å². The first-order valence-corrected chi connectivity index (χ1v) is 5.18. The van der Waals surface area contributed by atoms with Crippen LogP contribution in [-0.4, -0.2) is 16.7 Å². The summed E-state index contributed by atoms with van der Waals surface area (Å²) in [5.74, 6) is -0.592. The van der Waals surface area contributed by atoms with Gasteiger partial charge in [0.15, 0.2) is 11.6 Å². The van der Waals surface area contributed by atoms with E-state index in [0.717, 1.165) is 5.56 Å². The van der Waals surface area contributed by atoms with Crippen molar-refractivity contribution in [3.8, 4) is 0 Å². The first-order valence-electron chi connectivity index (χ1n) is 5.18. The molecule has 0 amide bonds. The van der Waals surface area contributed by atoms with E-state index in [1.54, 1.807) is 0 Å². The van der Waals surface area contributed by atoms with Gasteiger partial charge in [-0.1, -0.05) is 30.3 Å². The Morgan fingerprint density at radius 3 is 2.12 bits per heavy atom. The molecule has 0 saturated heterocycles. The minimum absolute atomic E-state index is 0. The average Bonchev–Trinajstić information content (AvgIpc) is 2.30. The van der Waals surface area contributed by atoms with Crippen LogP contribution in [0.1, 0.15) is 25.7 Å². The van der Waals surface area contributed by atoms with Gasteiger partial charge >= 0.3 is 18.9 Å². The number of Topliss-reactive ketones (excluding diaryl/α,β-unsaturated/α-hetero) is 2. The average molecular weight is 224 g/mol. The zero-order chi connectivity index (χ0) is 11.5. The van der Waals surface area contributed by atoms with Crippen molar-refractivity contribution in [2.45, 2.75) is 18.8 Å². The molecule has 1 aliphatic carbocycles. The molecule has 1 aromatic rings. The molecule has 2 rings (SSSR count). The molecule has 0 atom stereocenters. The van der Waals surface area contributed by atoms with Crippen LogP contribution in [0, 0.1) is 0 Å². The van der Waals surface area contributed by atoms with Crippen molar-refractivity contribution in [3.05, 3.63) is 47.7 Å². The maximum atomic E-state index is 11.6.